The molecule has 0 saturated heterocycles. The average Bonchev–Trinajstić information content (AvgIpc) is 2.38. The molecule has 22 heavy (non-hydrogen) atoms. The number of carbonyl (C=O) groups is 2. The summed E-state index contributed by atoms with van der Waals surface area (Å²) in [5.74, 6) is -0.463. The molecule has 0 atom stereocenters. The van der Waals surface area contributed by atoms with E-state index in [-0.39, 0.29) is 24.7 Å². The van der Waals surface area contributed by atoms with Gasteiger partial charge in [-0.2, -0.15) is 0 Å². The summed E-state index contributed by atoms with van der Waals surface area (Å²) in [6.07, 6.45) is -0.395. The van der Waals surface area contributed by atoms with E-state index in [4.69, 9.17) is 4.74 Å². The third-order valence-corrected chi connectivity index (χ3v) is 2.73. The average molecular weight is 310 g/mol. The van der Waals surface area contributed by atoms with Crippen LogP contribution in [0.25, 0.3) is 0 Å². The molecule has 0 heterocycles. The molecule has 5 nitrogen and oxygen atoms in total. The molecule has 0 aliphatic rings. The van der Waals surface area contributed by atoms with Gasteiger partial charge in [0.2, 0.25) is 5.91 Å². The Balaban J connectivity index is 2.26. The van der Waals surface area contributed by atoms with Gasteiger partial charge in [-0.25, -0.2) is 9.18 Å². The number of carbonyl (C=O) groups excluding carboxylic acids is 2. The van der Waals surface area contributed by atoms with Crippen molar-refractivity contribution in [1.82, 2.24) is 10.6 Å². The van der Waals surface area contributed by atoms with Crippen LogP contribution in [0.4, 0.5) is 9.18 Å². The van der Waals surface area contributed by atoms with Crippen LogP contribution in [0.15, 0.2) is 18.2 Å². The molecule has 0 unspecified atom stereocenters. The van der Waals surface area contributed by atoms with Crippen LogP contribution < -0.4 is 10.6 Å². The van der Waals surface area contributed by atoms with E-state index in [9.17, 15) is 14.0 Å². The second-order valence-corrected chi connectivity index (χ2v) is 6.04. The van der Waals surface area contributed by atoms with E-state index in [0.717, 1.165) is 5.56 Å². The first-order valence-electron chi connectivity index (χ1n) is 7.16. The van der Waals surface area contributed by atoms with Gasteiger partial charge in [-0.15, -0.1) is 0 Å². The molecule has 122 valence electrons. The van der Waals surface area contributed by atoms with Crippen LogP contribution >= 0.6 is 0 Å². The highest BCUT2D eigenvalue weighted by molar-refractivity contribution is 5.77. The summed E-state index contributed by atoms with van der Waals surface area (Å²) in [6, 6.07) is 4.69. The van der Waals surface area contributed by atoms with E-state index < -0.39 is 11.7 Å². The molecule has 0 radical (unpaired) electrons. The molecular weight excluding hydrogens is 287 g/mol. The summed E-state index contributed by atoms with van der Waals surface area (Å²) < 4.78 is 18.2. The van der Waals surface area contributed by atoms with Crippen molar-refractivity contribution in [3.8, 4) is 0 Å². The van der Waals surface area contributed by atoms with Gasteiger partial charge in [-0.05, 0) is 44.9 Å². The lowest BCUT2D eigenvalue weighted by atomic mass is 10.1. The van der Waals surface area contributed by atoms with Crippen LogP contribution in [0.2, 0.25) is 0 Å². The quantitative estimate of drug-likeness (QED) is 0.878. The second kappa shape index (κ2) is 7.77. The Labute approximate surface area is 130 Å². The highest BCUT2D eigenvalue weighted by Crippen LogP contribution is 2.09. The van der Waals surface area contributed by atoms with E-state index in [1.165, 1.54) is 6.07 Å². The normalized spacial score (nSPS) is 11.0. The van der Waals surface area contributed by atoms with Gasteiger partial charge in [0.1, 0.15) is 11.4 Å². The summed E-state index contributed by atoms with van der Waals surface area (Å²) in [5, 5.41) is 5.23. The van der Waals surface area contributed by atoms with Crippen LogP contribution in [0.3, 0.4) is 0 Å². The number of aryl methyl sites for hydroxylation is 1. The van der Waals surface area contributed by atoms with Gasteiger partial charge >= 0.3 is 6.09 Å². The van der Waals surface area contributed by atoms with Gasteiger partial charge in [0.15, 0.2) is 0 Å². The fraction of sp³-hybridized carbons (Fsp3) is 0.500. The highest BCUT2D eigenvalue weighted by atomic mass is 19.1. The second-order valence-electron chi connectivity index (χ2n) is 6.04. The smallest absolute Gasteiger partial charge is 0.407 e. The minimum absolute atomic E-state index is 0.152. The van der Waals surface area contributed by atoms with E-state index >= 15 is 0 Å². The molecule has 0 saturated carbocycles. The predicted octanol–water partition coefficient (Wildman–Crippen LogP) is 2.67. The van der Waals surface area contributed by atoms with Gasteiger partial charge in [0.25, 0.3) is 0 Å². The van der Waals surface area contributed by atoms with Crippen LogP contribution in [-0.2, 0) is 16.1 Å². The molecule has 2 N–H and O–H groups in total. The number of alkyl carbamates (subject to hydrolysis) is 1. The molecule has 0 aliphatic heterocycles. The van der Waals surface area contributed by atoms with Crippen molar-refractivity contribution >= 4 is 12.0 Å². The molecule has 0 bridgehead atoms. The molecular formula is C16H23FN2O3. The maximum atomic E-state index is 13.1. The zero-order valence-corrected chi connectivity index (χ0v) is 13.5. The molecule has 0 aromatic heterocycles. The third kappa shape index (κ3) is 7.06. The number of rotatable bonds is 5. The molecule has 1 aromatic rings. The lowest BCUT2D eigenvalue weighted by molar-refractivity contribution is -0.121. The number of amides is 2. The first-order chi connectivity index (χ1) is 10.2. The number of ether oxygens (including phenoxy) is 1. The van der Waals surface area contributed by atoms with Gasteiger partial charge in [0, 0.05) is 19.5 Å². The largest absolute Gasteiger partial charge is 0.444 e. The lowest BCUT2D eigenvalue weighted by Crippen LogP contribution is -2.35. The van der Waals surface area contributed by atoms with Gasteiger partial charge in [0.05, 0.1) is 0 Å². The maximum Gasteiger partial charge on any atom is 0.407 e. The lowest BCUT2D eigenvalue weighted by Gasteiger charge is -2.19. The van der Waals surface area contributed by atoms with E-state index in [2.05, 4.69) is 10.6 Å². The molecule has 0 aliphatic carbocycles. The number of hydrogen-bond donors (Lipinski definition) is 2. The van der Waals surface area contributed by atoms with E-state index in [1.54, 1.807) is 39.8 Å². The number of halogens is 1. The Kier molecular flexibility index (Phi) is 6.34. The topological polar surface area (TPSA) is 67.4 Å². The molecule has 0 spiro atoms. The fourth-order valence-electron chi connectivity index (χ4n) is 1.70. The minimum Gasteiger partial charge on any atom is -0.444 e. The number of benzene rings is 1. The van der Waals surface area contributed by atoms with Crippen LogP contribution in [0.5, 0.6) is 0 Å². The minimum atomic E-state index is -0.563. The van der Waals surface area contributed by atoms with Crippen LogP contribution in [-0.4, -0.2) is 24.1 Å². The Bertz CT molecular complexity index is 539. The Morgan fingerprint density at radius 3 is 2.50 bits per heavy atom. The standard InChI is InChI=1S/C16H23FN2O3/c1-11-9-12(5-6-13(11)17)10-19-14(20)7-8-18-15(21)22-16(2,3)4/h5-6,9H,7-8,10H2,1-4H3,(H,18,21)(H,19,20). The SMILES string of the molecule is Cc1cc(CNC(=O)CCNC(=O)OC(C)(C)C)ccc1F. The molecule has 1 rings (SSSR count). The fourth-order valence-corrected chi connectivity index (χ4v) is 1.70. The summed E-state index contributed by atoms with van der Waals surface area (Å²) in [5.41, 5.74) is 0.804. The summed E-state index contributed by atoms with van der Waals surface area (Å²) in [6.45, 7) is 7.50. The Morgan fingerprint density at radius 1 is 1.23 bits per heavy atom. The van der Waals surface area contributed by atoms with Crippen molar-refractivity contribution in [1.29, 1.82) is 0 Å². The first-order valence-corrected chi connectivity index (χ1v) is 7.16. The van der Waals surface area contributed by atoms with Crippen molar-refractivity contribution < 1.29 is 18.7 Å². The maximum absolute atomic E-state index is 13.1. The first kappa shape index (κ1) is 17.9. The van der Waals surface area contributed by atoms with Crippen molar-refractivity contribution in [3.63, 3.8) is 0 Å². The van der Waals surface area contributed by atoms with Crippen molar-refractivity contribution in [2.45, 2.75) is 46.3 Å². The summed E-state index contributed by atoms with van der Waals surface area (Å²) in [4.78, 5) is 23.0. The Hall–Kier alpha value is -2.11. The monoisotopic (exact) mass is 310 g/mol. The van der Waals surface area contributed by atoms with Crippen LogP contribution in [0.1, 0.15) is 38.3 Å². The van der Waals surface area contributed by atoms with Gasteiger partial charge in [-0.3, -0.25) is 4.79 Å². The third-order valence-electron chi connectivity index (χ3n) is 2.73. The zero-order chi connectivity index (χ0) is 16.8. The molecule has 6 heteroatoms. The van der Waals surface area contributed by atoms with E-state index in [1.807, 2.05) is 0 Å². The van der Waals surface area contributed by atoms with E-state index in [0.29, 0.717) is 12.1 Å². The molecule has 1 aromatic carbocycles. The summed E-state index contributed by atoms with van der Waals surface area (Å²) >= 11 is 0. The Morgan fingerprint density at radius 2 is 1.91 bits per heavy atom. The van der Waals surface area contributed by atoms with Crippen molar-refractivity contribution in [2.24, 2.45) is 0 Å². The van der Waals surface area contributed by atoms with Gasteiger partial charge in [-0.1, -0.05) is 12.1 Å². The number of hydrogen-bond acceptors (Lipinski definition) is 3. The van der Waals surface area contributed by atoms with Crippen molar-refractivity contribution in [2.75, 3.05) is 6.54 Å². The molecule has 2 amide bonds. The predicted molar refractivity (Wildman–Crippen MR) is 81.8 cm³/mol. The highest BCUT2D eigenvalue weighted by Gasteiger charge is 2.15. The zero-order valence-electron chi connectivity index (χ0n) is 13.5. The summed E-state index contributed by atoms with van der Waals surface area (Å²) in [7, 11) is 0. The molecule has 0 fully saturated rings. The van der Waals surface area contributed by atoms with Gasteiger partial charge < -0.3 is 15.4 Å². The van der Waals surface area contributed by atoms with Crippen molar-refractivity contribution in [3.05, 3.63) is 35.1 Å². The number of nitrogens with one attached hydrogen (secondary N) is 2. The van der Waals surface area contributed by atoms with Crippen LogP contribution in [0, 0.1) is 12.7 Å².